The molecule has 1 aliphatic heterocycles. The first kappa shape index (κ1) is 28.1. The second kappa shape index (κ2) is 12.7. The number of likely N-dealkylation sites (tertiary alicyclic amines) is 1. The predicted octanol–water partition coefficient (Wildman–Crippen LogP) is 3.51. The Bertz CT molecular complexity index is 1060. The van der Waals surface area contributed by atoms with Crippen LogP contribution in [0.1, 0.15) is 53.1 Å². The van der Waals surface area contributed by atoms with Gasteiger partial charge in [-0.1, -0.05) is 42.5 Å². The van der Waals surface area contributed by atoms with Crippen molar-refractivity contribution in [3.63, 3.8) is 0 Å². The Hall–Kier alpha value is -3.44. The number of carboxylic acid groups (broad SMARTS) is 1. The minimum Gasteiger partial charge on any atom is -0.475 e. The van der Waals surface area contributed by atoms with Crippen LogP contribution >= 0.6 is 0 Å². The van der Waals surface area contributed by atoms with Crippen LogP contribution in [0.15, 0.2) is 54.6 Å². The third-order valence-electron chi connectivity index (χ3n) is 6.50. The predicted molar refractivity (Wildman–Crippen MR) is 128 cm³/mol. The van der Waals surface area contributed by atoms with E-state index in [-0.39, 0.29) is 5.91 Å². The first-order chi connectivity index (χ1) is 17.6. The normalized spacial score (nSPS) is 19.4. The summed E-state index contributed by atoms with van der Waals surface area (Å²) in [5.41, 5.74) is 4.45. The third-order valence-corrected chi connectivity index (χ3v) is 6.50. The van der Waals surface area contributed by atoms with Gasteiger partial charge in [-0.15, -0.1) is 0 Å². The summed E-state index contributed by atoms with van der Waals surface area (Å²) in [5.74, 6) is -2.46. The zero-order chi connectivity index (χ0) is 27.0. The van der Waals surface area contributed by atoms with Crippen LogP contribution in [0.5, 0.6) is 0 Å². The number of aliphatic carboxylic acids is 1. The number of benzene rings is 2. The van der Waals surface area contributed by atoms with E-state index >= 15 is 0 Å². The van der Waals surface area contributed by atoms with E-state index in [4.69, 9.17) is 15.1 Å². The standard InChI is InChI=1S/C24H29N3O3.C2HF3O2/c28-23(11-8-17-6-9-19(10-7-17)24(29)26-30)27-14-12-20(13-15-27)25-22-16-21(22)18-4-2-1-3-5-18;3-2(4,5)1(6)7/h1-7,9-10,20-22,25,30H,8,11-16H2,(H,26,29);(H,6,7). The van der Waals surface area contributed by atoms with E-state index in [2.05, 4.69) is 35.6 Å². The Morgan fingerprint density at radius 2 is 1.57 bits per heavy atom. The molecular weight excluding hydrogens is 491 g/mol. The van der Waals surface area contributed by atoms with Crippen molar-refractivity contribution in [2.24, 2.45) is 0 Å². The number of rotatable bonds is 7. The fraction of sp³-hybridized carbons (Fsp3) is 0.423. The van der Waals surface area contributed by atoms with E-state index < -0.39 is 18.1 Å². The Morgan fingerprint density at radius 3 is 2.11 bits per heavy atom. The zero-order valence-corrected chi connectivity index (χ0v) is 20.1. The summed E-state index contributed by atoms with van der Waals surface area (Å²) in [6.45, 7) is 1.63. The van der Waals surface area contributed by atoms with Crippen molar-refractivity contribution < 1.29 is 37.9 Å². The molecule has 1 heterocycles. The lowest BCUT2D eigenvalue weighted by Gasteiger charge is -2.33. The number of carboxylic acids is 1. The second-order valence-electron chi connectivity index (χ2n) is 9.12. The van der Waals surface area contributed by atoms with E-state index in [1.807, 2.05) is 17.0 Å². The number of nitrogens with zero attached hydrogens (tertiary/aromatic N) is 1. The summed E-state index contributed by atoms with van der Waals surface area (Å²) in [6.07, 6.45) is -0.730. The molecule has 2 atom stereocenters. The SMILES string of the molecule is O=C(NO)c1ccc(CCC(=O)N2CCC(NC3CC3c3ccccc3)CC2)cc1.O=C(O)C(F)(F)F. The highest BCUT2D eigenvalue weighted by atomic mass is 19.4. The topological polar surface area (TPSA) is 119 Å². The summed E-state index contributed by atoms with van der Waals surface area (Å²) < 4.78 is 31.7. The molecule has 2 aliphatic rings. The van der Waals surface area contributed by atoms with Crippen molar-refractivity contribution in [1.82, 2.24) is 15.7 Å². The largest absolute Gasteiger partial charge is 0.490 e. The van der Waals surface area contributed by atoms with Gasteiger partial charge in [0, 0.05) is 43.1 Å². The van der Waals surface area contributed by atoms with Crippen LogP contribution in [0.4, 0.5) is 13.2 Å². The summed E-state index contributed by atoms with van der Waals surface area (Å²) in [7, 11) is 0. The van der Waals surface area contributed by atoms with Crippen molar-refractivity contribution in [2.45, 2.75) is 56.3 Å². The molecule has 0 radical (unpaired) electrons. The molecule has 1 aliphatic carbocycles. The minimum absolute atomic E-state index is 0.194. The van der Waals surface area contributed by atoms with Crippen LogP contribution in [0, 0.1) is 0 Å². The van der Waals surface area contributed by atoms with Gasteiger partial charge in [-0.2, -0.15) is 13.2 Å². The monoisotopic (exact) mass is 521 g/mol. The molecule has 2 fully saturated rings. The number of amides is 2. The van der Waals surface area contributed by atoms with Gasteiger partial charge in [-0.05, 0) is 48.9 Å². The minimum atomic E-state index is -5.08. The summed E-state index contributed by atoms with van der Waals surface area (Å²) in [5, 5.41) is 19.6. The number of hydrogen-bond donors (Lipinski definition) is 4. The Morgan fingerprint density at radius 1 is 0.973 bits per heavy atom. The number of aryl methyl sites for hydroxylation is 1. The summed E-state index contributed by atoms with van der Waals surface area (Å²) in [6, 6.07) is 18.7. The van der Waals surface area contributed by atoms with Crippen molar-refractivity contribution in [3.05, 3.63) is 71.3 Å². The number of piperidine rings is 1. The number of carbonyl (C=O) groups is 3. The molecule has 11 heteroatoms. The lowest BCUT2D eigenvalue weighted by Crippen LogP contribution is -2.45. The molecule has 200 valence electrons. The molecule has 4 N–H and O–H groups in total. The van der Waals surface area contributed by atoms with E-state index in [9.17, 15) is 22.8 Å². The molecule has 2 aromatic carbocycles. The summed E-state index contributed by atoms with van der Waals surface area (Å²) in [4.78, 5) is 34.8. The maximum atomic E-state index is 12.6. The molecule has 2 amide bonds. The molecule has 2 unspecified atom stereocenters. The van der Waals surface area contributed by atoms with Gasteiger partial charge in [0.05, 0.1) is 0 Å². The number of halogens is 3. The highest BCUT2D eigenvalue weighted by Crippen LogP contribution is 2.41. The average molecular weight is 522 g/mol. The number of carbonyl (C=O) groups excluding carboxylic acids is 2. The third kappa shape index (κ3) is 8.57. The fourth-order valence-corrected chi connectivity index (χ4v) is 4.34. The van der Waals surface area contributed by atoms with E-state index in [0.717, 1.165) is 31.5 Å². The zero-order valence-electron chi connectivity index (χ0n) is 20.1. The Kier molecular flexibility index (Phi) is 9.65. The average Bonchev–Trinajstić information content (AvgIpc) is 3.67. The van der Waals surface area contributed by atoms with Crippen molar-refractivity contribution in [1.29, 1.82) is 0 Å². The van der Waals surface area contributed by atoms with Gasteiger partial charge in [-0.25, -0.2) is 10.3 Å². The highest BCUT2D eigenvalue weighted by Gasteiger charge is 2.40. The number of hydroxylamine groups is 1. The van der Waals surface area contributed by atoms with Gasteiger partial charge < -0.3 is 15.3 Å². The molecule has 0 spiro atoms. The van der Waals surface area contributed by atoms with Gasteiger partial charge in [0.1, 0.15) is 0 Å². The molecular formula is C26H30F3N3O5. The van der Waals surface area contributed by atoms with E-state index in [1.54, 1.807) is 17.6 Å². The fourth-order valence-electron chi connectivity index (χ4n) is 4.34. The van der Waals surface area contributed by atoms with Gasteiger partial charge in [0.15, 0.2) is 0 Å². The molecule has 8 nitrogen and oxygen atoms in total. The lowest BCUT2D eigenvalue weighted by molar-refractivity contribution is -0.192. The molecule has 0 bridgehead atoms. The van der Waals surface area contributed by atoms with Gasteiger partial charge in [-0.3, -0.25) is 14.8 Å². The first-order valence-electron chi connectivity index (χ1n) is 12.0. The van der Waals surface area contributed by atoms with Crippen LogP contribution in [0.2, 0.25) is 0 Å². The van der Waals surface area contributed by atoms with Crippen molar-refractivity contribution >= 4 is 17.8 Å². The van der Waals surface area contributed by atoms with Gasteiger partial charge in [0.2, 0.25) is 5.91 Å². The molecule has 1 saturated carbocycles. The van der Waals surface area contributed by atoms with Crippen molar-refractivity contribution in [3.8, 4) is 0 Å². The second-order valence-corrected chi connectivity index (χ2v) is 9.12. The van der Waals surface area contributed by atoms with Crippen LogP contribution < -0.4 is 10.8 Å². The van der Waals surface area contributed by atoms with E-state index in [1.165, 1.54) is 12.0 Å². The number of nitrogens with one attached hydrogen (secondary N) is 2. The molecule has 4 rings (SSSR count). The van der Waals surface area contributed by atoms with Crippen LogP contribution in [0.3, 0.4) is 0 Å². The summed E-state index contributed by atoms with van der Waals surface area (Å²) >= 11 is 0. The number of hydrogen-bond acceptors (Lipinski definition) is 5. The van der Waals surface area contributed by atoms with Gasteiger partial charge in [0.25, 0.3) is 5.91 Å². The van der Waals surface area contributed by atoms with Crippen molar-refractivity contribution in [2.75, 3.05) is 13.1 Å². The first-order valence-corrected chi connectivity index (χ1v) is 12.0. The molecule has 2 aromatic rings. The maximum Gasteiger partial charge on any atom is 0.490 e. The highest BCUT2D eigenvalue weighted by molar-refractivity contribution is 5.93. The molecule has 37 heavy (non-hydrogen) atoms. The smallest absolute Gasteiger partial charge is 0.475 e. The quantitative estimate of drug-likeness (QED) is 0.327. The van der Waals surface area contributed by atoms with Gasteiger partial charge >= 0.3 is 12.1 Å². The van der Waals surface area contributed by atoms with Crippen LogP contribution in [0.25, 0.3) is 0 Å². The molecule has 0 aromatic heterocycles. The number of alkyl halides is 3. The Balaban J connectivity index is 0.000000479. The van der Waals surface area contributed by atoms with Crippen LogP contribution in [-0.2, 0) is 16.0 Å². The maximum absolute atomic E-state index is 12.6. The molecule has 1 saturated heterocycles. The van der Waals surface area contributed by atoms with E-state index in [0.29, 0.717) is 36.4 Å². The van der Waals surface area contributed by atoms with Crippen LogP contribution in [-0.4, -0.2) is 64.3 Å². The Labute approximate surface area is 212 Å². The lowest BCUT2D eigenvalue weighted by atomic mass is 10.0.